The molecule has 2 aromatic heterocycles. The Morgan fingerprint density at radius 3 is 2.43 bits per heavy atom. The van der Waals surface area contributed by atoms with Crippen molar-refractivity contribution in [3.63, 3.8) is 0 Å². The van der Waals surface area contributed by atoms with Gasteiger partial charge in [-0.1, -0.05) is 48.5 Å². The Balaban J connectivity index is 1.47. The highest BCUT2D eigenvalue weighted by Gasteiger charge is 2.21. The van der Waals surface area contributed by atoms with E-state index in [0.717, 1.165) is 28.1 Å². The number of ether oxygens (including phenoxy) is 1. The second-order valence-electron chi connectivity index (χ2n) is 9.01. The number of hydrogen-bond donors (Lipinski definition) is 1. The third-order valence-electron chi connectivity index (χ3n) is 6.65. The first-order valence-electron chi connectivity index (χ1n) is 12.0. The molecular weight excluding hydrogens is 464 g/mol. The van der Waals surface area contributed by atoms with Crippen LogP contribution in [0.2, 0.25) is 0 Å². The summed E-state index contributed by atoms with van der Waals surface area (Å²) < 4.78 is 8.86. The second kappa shape index (κ2) is 8.95. The van der Waals surface area contributed by atoms with E-state index in [1.54, 1.807) is 25.3 Å². The van der Waals surface area contributed by atoms with E-state index in [-0.39, 0.29) is 11.0 Å². The monoisotopic (exact) mass is 488 g/mol. The number of aryl methyl sites for hydroxylation is 1. The van der Waals surface area contributed by atoms with Gasteiger partial charge in [0.2, 0.25) is 0 Å². The van der Waals surface area contributed by atoms with Gasteiger partial charge in [0, 0.05) is 30.2 Å². The van der Waals surface area contributed by atoms with Gasteiger partial charge in [-0.05, 0) is 48.4 Å². The van der Waals surface area contributed by atoms with Crippen LogP contribution in [0.15, 0.2) is 101 Å². The lowest BCUT2D eigenvalue weighted by atomic mass is 10.0. The highest BCUT2D eigenvalue weighted by atomic mass is 16.5. The largest absolute Gasteiger partial charge is 0.494 e. The van der Waals surface area contributed by atoms with Crippen molar-refractivity contribution in [3.8, 4) is 33.8 Å². The summed E-state index contributed by atoms with van der Waals surface area (Å²) in [5.41, 5.74) is 6.08. The molecule has 0 spiro atoms. The summed E-state index contributed by atoms with van der Waals surface area (Å²) in [6.45, 7) is 2.47. The molecule has 7 heteroatoms. The Bertz CT molecular complexity index is 1830. The van der Waals surface area contributed by atoms with Crippen molar-refractivity contribution in [3.05, 3.63) is 123 Å². The molecule has 1 aliphatic heterocycles. The number of methoxy groups -OCH3 is 1. The first kappa shape index (κ1) is 22.5. The maximum atomic E-state index is 13.5. The van der Waals surface area contributed by atoms with Crippen molar-refractivity contribution >= 4 is 10.9 Å². The van der Waals surface area contributed by atoms with Gasteiger partial charge >= 0.3 is 0 Å². The minimum absolute atomic E-state index is 0.146. The molecule has 6 rings (SSSR count). The Kier molecular flexibility index (Phi) is 5.45. The third kappa shape index (κ3) is 3.90. The average molecular weight is 489 g/mol. The van der Waals surface area contributed by atoms with Gasteiger partial charge in [0.15, 0.2) is 5.43 Å². The summed E-state index contributed by atoms with van der Waals surface area (Å²) in [5, 5.41) is 3.60. The van der Waals surface area contributed by atoms with Crippen LogP contribution in [0.1, 0.15) is 11.3 Å². The van der Waals surface area contributed by atoms with Crippen molar-refractivity contribution in [2.45, 2.75) is 13.5 Å². The molecule has 0 bridgehead atoms. The smallest absolute Gasteiger partial charge is 0.280 e. The topological polar surface area (TPSA) is 81.9 Å². The summed E-state index contributed by atoms with van der Waals surface area (Å²) in [6, 6.07) is 24.7. The molecule has 0 atom stereocenters. The maximum Gasteiger partial charge on any atom is 0.280 e. The van der Waals surface area contributed by atoms with E-state index in [1.165, 1.54) is 10.7 Å². The van der Waals surface area contributed by atoms with Crippen molar-refractivity contribution in [1.82, 2.24) is 19.3 Å². The van der Waals surface area contributed by atoms with Crippen LogP contribution >= 0.6 is 0 Å². The number of H-pyrrole nitrogens is 1. The zero-order chi connectivity index (χ0) is 25.5. The molecule has 0 fully saturated rings. The highest BCUT2D eigenvalue weighted by molar-refractivity contribution is 5.93. The lowest BCUT2D eigenvalue weighted by Crippen LogP contribution is -2.16. The first-order chi connectivity index (χ1) is 18.0. The summed E-state index contributed by atoms with van der Waals surface area (Å²) in [5.74, 6) is 0.555. The lowest BCUT2D eigenvalue weighted by Gasteiger charge is -2.16. The van der Waals surface area contributed by atoms with Crippen LogP contribution in [0.3, 0.4) is 0 Å². The summed E-state index contributed by atoms with van der Waals surface area (Å²) in [6.07, 6.45) is 3.69. The van der Waals surface area contributed by atoms with Gasteiger partial charge in [-0.3, -0.25) is 19.7 Å². The molecule has 4 aromatic rings. The minimum Gasteiger partial charge on any atom is -0.494 e. The fourth-order valence-corrected chi connectivity index (χ4v) is 4.75. The van der Waals surface area contributed by atoms with E-state index in [4.69, 9.17) is 4.74 Å². The molecule has 0 unspecified atom stereocenters. The molecule has 0 saturated carbocycles. The molecule has 0 saturated heterocycles. The molecule has 182 valence electrons. The molecule has 3 heterocycles. The van der Waals surface area contributed by atoms with Crippen molar-refractivity contribution in [2.24, 2.45) is 0 Å². The van der Waals surface area contributed by atoms with E-state index in [0.29, 0.717) is 34.4 Å². The van der Waals surface area contributed by atoms with Crippen molar-refractivity contribution in [1.29, 1.82) is 0 Å². The maximum absolute atomic E-state index is 13.5. The number of para-hydroxylation sites is 2. The molecular formula is C30H24N4O3. The Morgan fingerprint density at radius 2 is 1.68 bits per heavy atom. The molecule has 2 aromatic carbocycles. The molecule has 1 N–H and O–H groups in total. The zero-order valence-electron chi connectivity index (χ0n) is 20.4. The van der Waals surface area contributed by atoms with Gasteiger partial charge in [-0.2, -0.15) is 0 Å². The van der Waals surface area contributed by atoms with Crippen LogP contribution < -0.4 is 15.7 Å². The molecule has 1 aliphatic carbocycles. The van der Waals surface area contributed by atoms with Gasteiger partial charge in [-0.15, -0.1) is 0 Å². The van der Waals surface area contributed by atoms with Crippen LogP contribution in [0, 0.1) is 6.92 Å². The number of aromatic amines is 1. The fraction of sp³-hybridized carbons (Fsp3) is 0.100. The summed E-state index contributed by atoms with van der Waals surface area (Å²) in [4.78, 5) is 30.9. The third-order valence-corrected chi connectivity index (χ3v) is 6.65. The van der Waals surface area contributed by atoms with Crippen LogP contribution in [-0.2, 0) is 6.54 Å². The molecule has 37 heavy (non-hydrogen) atoms. The molecule has 0 radical (unpaired) electrons. The number of pyridine rings is 2. The molecule has 2 aliphatic rings. The Labute approximate surface area is 212 Å². The number of fused-ring (bicyclic) bond motifs is 3. The summed E-state index contributed by atoms with van der Waals surface area (Å²) >= 11 is 0. The average Bonchev–Trinajstić information content (AvgIpc) is 3.25. The van der Waals surface area contributed by atoms with Crippen LogP contribution in [0.25, 0.3) is 39.0 Å². The van der Waals surface area contributed by atoms with E-state index < -0.39 is 0 Å². The van der Waals surface area contributed by atoms with Gasteiger partial charge in [0.25, 0.3) is 5.56 Å². The predicted octanol–water partition coefficient (Wildman–Crippen LogP) is 5.01. The van der Waals surface area contributed by atoms with E-state index in [9.17, 15) is 9.59 Å². The van der Waals surface area contributed by atoms with Crippen molar-refractivity contribution in [2.75, 3.05) is 7.11 Å². The number of aromatic nitrogens is 4. The molecule has 0 amide bonds. The Morgan fingerprint density at radius 1 is 0.892 bits per heavy atom. The number of nitrogens with zero attached hydrogens (tertiary/aromatic N) is 3. The Hall–Kier alpha value is -4.91. The van der Waals surface area contributed by atoms with Crippen LogP contribution in [0.4, 0.5) is 0 Å². The SMILES string of the molecule is COc1ccccc1-n1[nH]c2c3c(=O)cccc-3n(Cc3ccc(-c4ccc(C)nc4)cc3)cc2c1=O. The quantitative estimate of drug-likeness (QED) is 0.370. The van der Waals surface area contributed by atoms with Gasteiger partial charge < -0.3 is 9.30 Å². The van der Waals surface area contributed by atoms with E-state index in [1.807, 2.05) is 48.1 Å². The number of benzene rings is 3. The van der Waals surface area contributed by atoms with E-state index >= 15 is 0 Å². The standard InChI is InChI=1S/C30H24N4O3/c1-19-10-13-22(16-31-19)21-14-11-20(12-15-21)17-33-18-23-29(28-25(33)7-5-8-26(28)35)32-34(30(23)36)24-6-3-4-9-27(24)37-2/h3-16,18,32H,17H2,1-2H3. The minimum atomic E-state index is -0.249. The fourth-order valence-electron chi connectivity index (χ4n) is 4.75. The van der Waals surface area contributed by atoms with E-state index in [2.05, 4.69) is 40.4 Å². The number of hydrogen-bond acceptors (Lipinski definition) is 4. The van der Waals surface area contributed by atoms with Gasteiger partial charge in [0.1, 0.15) is 11.4 Å². The van der Waals surface area contributed by atoms with Crippen LogP contribution in [-0.4, -0.2) is 26.4 Å². The number of nitrogens with one attached hydrogen (secondary N) is 1. The summed E-state index contributed by atoms with van der Waals surface area (Å²) in [7, 11) is 1.56. The van der Waals surface area contributed by atoms with Gasteiger partial charge in [-0.25, -0.2) is 4.68 Å². The zero-order valence-corrected chi connectivity index (χ0v) is 20.4. The van der Waals surface area contributed by atoms with Crippen LogP contribution in [0.5, 0.6) is 5.75 Å². The first-order valence-corrected chi connectivity index (χ1v) is 12.0. The highest BCUT2D eigenvalue weighted by Crippen LogP contribution is 2.29. The van der Waals surface area contributed by atoms with Gasteiger partial charge in [0.05, 0.1) is 29.3 Å². The second-order valence-corrected chi connectivity index (χ2v) is 9.01. The molecule has 7 nitrogen and oxygen atoms in total. The predicted molar refractivity (Wildman–Crippen MR) is 145 cm³/mol. The lowest BCUT2D eigenvalue weighted by molar-refractivity contribution is 0.411. The van der Waals surface area contributed by atoms with Crippen molar-refractivity contribution < 1.29 is 4.74 Å². The number of rotatable bonds is 5. The normalized spacial score (nSPS) is 11.3.